The molecule has 19 heavy (non-hydrogen) atoms. The van der Waals surface area contributed by atoms with Gasteiger partial charge in [-0.05, 0) is 36.0 Å². The molecular weight excluding hydrogens is 260 g/mol. The first-order chi connectivity index (χ1) is 9.26. The molecule has 2 aromatic carbocycles. The Balaban J connectivity index is 1.96. The molecule has 0 radical (unpaired) electrons. The second kappa shape index (κ2) is 4.85. The van der Waals surface area contributed by atoms with Crippen molar-refractivity contribution in [2.24, 2.45) is 0 Å². The van der Waals surface area contributed by atoms with E-state index in [1.165, 1.54) is 11.8 Å². The van der Waals surface area contributed by atoms with Gasteiger partial charge in [0.15, 0.2) is 5.58 Å². The molecule has 0 aliphatic heterocycles. The van der Waals surface area contributed by atoms with E-state index in [4.69, 9.17) is 14.9 Å². The lowest BCUT2D eigenvalue weighted by Crippen LogP contribution is -1.84. The molecule has 0 aliphatic rings. The Morgan fingerprint density at radius 3 is 2.89 bits per heavy atom. The van der Waals surface area contributed by atoms with Gasteiger partial charge >= 0.3 is 0 Å². The molecule has 3 rings (SSSR count). The Bertz CT molecular complexity index is 724. The molecule has 0 saturated heterocycles. The van der Waals surface area contributed by atoms with Crippen molar-refractivity contribution < 1.29 is 9.15 Å². The number of nitrogens with two attached hydrogens (primary N) is 1. The Hall–Kier alpha value is -2.14. The first-order valence-corrected chi connectivity index (χ1v) is 6.55. The third-order valence-electron chi connectivity index (χ3n) is 2.66. The molecule has 0 saturated carbocycles. The molecule has 0 amide bonds. The van der Waals surface area contributed by atoms with Crippen LogP contribution in [0.1, 0.15) is 0 Å². The predicted octanol–water partition coefficient (Wildman–Crippen LogP) is 3.57. The van der Waals surface area contributed by atoms with Crippen LogP contribution in [0.25, 0.3) is 11.1 Å². The highest BCUT2D eigenvalue weighted by molar-refractivity contribution is 7.99. The monoisotopic (exact) mass is 272 g/mol. The van der Waals surface area contributed by atoms with E-state index in [-0.39, 0.29) is 0 Å². The lowest BCUT2D eigenvalue weighted by atomic mass is 10.3. The molecule has 96 valence electrons. The number of hydrogen-bond acceptors (Lipinski definition) is 5. The minimum atomic E-state index is 0.574. The summed E-state index contributed by atoms with van der Waals surface area (Å²) in [6.45, 7) is 0. The lowest BCUT2D eigenvalue weighted by molar-refractivity contribution is 0.404. The summed E-state index contributed by atoms with van der Waals surface area (Å²) in [6.07, 6.45) is 0. The SMILES string of the molecule is COc1ccccc1Sc1nc2ccc(N)cc2o1. The molecule has 1 aromatic heterocycles. The maximum Gasteiger partial charge on any atom is 0.261 e. The fourth-order valence-corrected chi connectivity index (χ4v) is 2.62. The van der Waals surface area contributed by atoms with E-state index in [1.54, 1.807) is 13.2 Å². The maximum atomic E-state index is 5.72. The van der Waals surface area contributed by atoms with Crippen LogP contribution in [0.3, 0.4) is 0 Å². The molecular formula is C14H12N2O2S. The maximum absolute atomic E-state index is 5.72. The highest BCUT2D eigenvalue weighted by atomic mass is 32.2. The zero-order chi connectivity index (χ0) is 13.2. The van der Waals surface area contributed by atoms with E-state index in [0.717, 1.165) is 16.2 Å². The highest BCUT2D eigenvalue weighted by Gasteiger charge is 2.10. The van der Waals surface area contributed by atoms with Gasteiger partial charge in [-0.3, -0.25) is 0 Å². The van der Waals surface area contributed by atoms with Crippen molar-refractivity contribution in [3.8, 4) is 5.75 Å². The minimum Gasteiger partial charge on any atom is -0.496 e. The van der Waals surface area contributed by atoms with Gasteiger partial charge < -0.3 is 14.9 Å². The van der Waals surface area contributed by atoms with Gasteiger partial charge in [-0.15, -0.1) is 0 Å². The molecule has 0 spiro atoms. The number of anilines is 1. The van der Waals surface area contributed by atoms with E-state index in [0.29, 0.717) is 16.5 Å². The number of hydrogen-bond donors (Lipinski definition) is 1. The molecule has 4 nitrogen and oxygen atoms in total. The average molecular weight is 272 g/mol. The van der Waals surface area contributed by atoms with Gasteiger partial charge in [-0.2, -0.15) is 0 Å². The van der Waals surface area contributed by atoms with Crippen LogP contribution in [0.5, 0.6) is 5.75 Å². The van der Waals surface area contributed by atoms with Crippen molar-refractivity contribution >= 4 is 28.5 Å². The largest absolute Gasteiger partial charge is 0.496 e. The van der Waals surface area contributed by atoms with Crippen molar-refractivity contribution in [3.05, 3.63) is 42.5 Å². The molecule has 1 heterocycles. The van der Waals surface area contributed by atoms with E-state index < -0.39 is 0 Å². The van der Waals surface area contributed by atoms with Crippen molar-refractivity contribution in [3.63, 3.8) is 0 Å². The topological polar surface area (TPSA) is 61.3 Å². The Kier molecular flexibility index (Phi) is 3.05. The summed E-state index contributed by atoms with van der Waals surface area (Å²) in [5.74, 6) is 0.800. The summed E-state index contributed by atoms with van der Waals surface area (Å²) >= 11 is 1.43. The van der Waals surface area contributed by atoms with E-state index >= 15 is 0 Å². The normalized spacial score (nSPS) is 10.8. The third kappa shape index (κ3) is 2.37. The molecule has 5 heteroatoms. The standard InChI is InChI=1S/C14H12N2O2S/c1-17-11-4-2-3-5-13(11)19-14-16-10-7-6-9(15)8-12(10)18-14/h2-8H,15H2,1H3. The fourth-order valence-electron chi connectivity index (χ4n) is 1.76. The van der Waals surface area contributed by atoms with Crippen LogP contribution in [-0.4, -0.2) is 12.1 Å². The second-order valence-corrected chi connectivity index (χ2v) is 4.95. The van der Waals surface area contributed by atoms with Gasteiger partial charge in [0.05, 0.1) is 12.0 Å². The van der Waals surface area contributed by atoms with Gasteiger partial charge in [0, 0.05) is 11.8 Å². The molecule has 0 aliphatic carbocycles. The second-order valence-electron chi connectivity index (χ2n) is 3.96. The summed E-state index contributed by atoms with van der Waals surface area (Å²) in [5, 5.41) is 0.574. The van der Waals surface area contributed by atoms with Crippen molar-refractivity contribution in [2.45, 2.75) is 10.1 Å². The molecule has 0 bridgehead atoms. The van der Waals surface area contributed by atoms with Crippen LogP contribution in [0.15, 0.2) is 57.0 Å². The quantitative estimate of drug-likeness (QED) is 0.738. The number of aromatic nitrogens is 1. The first kappa shape index (κ1) is 11.9. The number of ether oxygens (including phenoxy) is 1. The average Bonchev–Trinajstić information content (AvgIpc) is 2.80. The van der Waals surface area contributed by atoms with E-state index in [1.807, 2.05) is 36.4 Å². The van der Waals surface area contributed by atoms with Crippen molar-refractivity contribution in [1.29, 1.82) is 0 Å². The zero-order valence-electron chi connectivity index (χ0n) is 10.3. The molecule has 0 atom stereocenters. The van der Waals surface area contributed by atoms with Gasteiger partial charge in [0.1, 0.15) is 11.3 Å². The van der Waals surface area contributed by atoms with Gasteiger partial charge in [0.2, 0.25) is 0 Å². The first-order valence-electron chi connectivity index (χ1n) is 5.73. The highest BCUT2D eigenvalue weighted by Crippen LogP contribution is 2.35. The fraction of sp³-hybridized carbons (Fsp3) is 0.0714. The van der Waals surface area contributed by atoms with Crippen LogP contribution in [0.2, 0.25) is 0 Å². The van der Waals surface area contributed by atoms with E-state index in [2.05, 4.69) is 4.98 Å². The smallest absolute Gasteiger partial charge is 0.261 e. The van der Waals surface area contributed by atoms with Crippen LogP contribution in [-0.2, 0) is 0 Å². The molecule has 3 aromatic rings. The molecule has 0 fully saturated rings. The Morgan fingerprint density at radius 1 is 1.21 bits per heavy atom. The summed E-state index contributed by atoms with van der Waals surface area (Å²) < 4.78 is 11.0. The summed E-state index contributed by atoms with van der Waals surface area (Å²) in [7, 11) is 1.64. The minimum absolute atomic E-state index is 0.574. The number of nitrogens with zero attached hydrogens (tertiary/aromatic N) is 1. The number of fused-ring (bicyclic) bond motifs is 1. The summed E-state index contributed by atoms with van der Waals surface area (Å²) in [5.41, 5.74) is 7.87. The van der Waals surface area contributed by atoms with Gasteiger partial charge in [-0.25, -0.2) is 4.98 Å². The zero-order valence-corrected chi connectivity index (χ0v) is 11.1. The Labute approximate surface area is 114 Å². The van der Waals surface area contributed by atoms with Crippen LogP contribution >= 0.6 is 11.8 Å². The van der Waals surface area contributed by atoms with Crippen molar-refractivity contribution in [1.82, 2.24) is 4.98 Å². The third-order valence-corrected chi connectivity index (χ3v) is 3.57. The van der Waals surface area contributed by atoms with Gasteiger partial charge in [-0.1, -0.05) is 12.1 Å². The lowest BCUT2D eigenvalue weighted by Gasteiger charge is -2.04. The summed E-state index contributed by atoms with van der Waals surface area (Å²) in [6, 6.07) is 13.2. The van der Waals surface area contributed by atoms with E-state index in [9.17, 15) is 0 Å². The number of rotatable bonds is 3. The van der Waals surface area contributed by atoms with Crippen LogP contribution < -0.4 is 10.5 Å². The number of para-hydroxylation sites is 1. The van der Waals surface area contributed by atoms with Crippen molar-refractivity contribution in [2.75, 3.05) is 12.8 Å². The van der Waals surface area contributed by atoms with Crippen LogP contribution in [0.4, 0.5) is 5.69 Å². The summed E-state index contributed by atoms with van der Waals surface area (Å²) in [4.78, 5) is 5.37. The number of methoxy groups -OCH3 is 1. The van der Waals surface area contributed by atoms with Gasteiger partial charge in [0.25, 0.3) is 5.22 Å². The number of benzene rings is 2. The molecule has 2 N–H and O–H groups in total. The number of nitrogen functional groups attached to an aromatic ring is 1. The molecule has 0 unspecified atom stereocenters. The number of oxazole rings is 1. The Morgan fingerprint density at radius 2 is 2.05 bits per heavy atom. The van der Waals surface area contributed by atoms with Crippen LogP contribution in [0, 0.1) is 0 Å². The predicted molar refractivity (Wildman–Crippen MR) is 75.5 cm³/mol.